The van der Waals surface area contributed by atoms with Gasteiger partial charge in [-0.15, -0.1) is 11.3 Å². The molecule has 0 amide bonds. The fourth-order valence-electron chi connectivity index (χ4n) is 1.54. The molecule has 0 unspecified atom stereocenters. The molecule has 0 aliphatic heterocycles. The molecule has 1 aliphatic rings. The molecular weight excluding hydrogens is 234 g/mol. The van der Waals surface area contributed by atoms with Crippen LogP contribution in [0.2, 0.25) is 0 Å². The molecule has 0 bridgehead atoms. The minimum Gasteiger partial charge on any atom is -0.323 e. The Labute approximate surface area is 85.1 Å². The predicted molar refractivity (Wildman–Crippen MR) is 56.3 cm³/mol. The Balaban J connectivity index is 2.08. The molecule has 0 saturated heterocycles. The molecule has 1 aromatic heterocycles. The minimum absolute atomic E-state index is 0.287. The van der Waals surface area contributed by atoms with Crippen LogP contribution in [0, 0.1) is 5.92 Å². The number of rotatable bonds is 2. The second kappa shape index (κ2) is 3.48. The third-order valence-corrected chi connectivity index (χ3v) is 4.31. The molecule has 2 rings (SSSR count). The van der Waals surface area contributed by atoms with E-state index in [0.717, 1.165) is 5.92 Å². The van der Waals surface area contributed by atoms with Gasteiger partial charge in [-0.1, -0.05) is 6.42 Å². The molecule has 1 heterocycles. The second-order valence-corrected chi connectivity index (χ2v) is 5.85. The molecule has 1 nitrogen and oxygen atoms in total. The SMILES string of the molecule is N[C@H](c1ccc(Br)s1)C1CCC1. The first-order chi connectivity index (χ1) is 5.77. The molecule has 3 heteroatoms. The Morgan fingerprint density at radius 3 is 2.67 bits per heavy atom. The Morgan fingerprint density at radius 1 is 1.50 bits per heavy atom. The third-order valence-electron chi connectivity index (χ3n) is 2.58. The summed E-state index contributed by atoms with van der Waals surface area (Å²) in [5, 5.41) is 0. The van der Waals surface area contributed by atoms with Gasteiger partial charge in [0, 0.05) is 10.9 Å². The summed E-state index contributed by atoms with van der Waals surface area (Å²) in [5.41, 5.74) is 6.10. The molecule has 1 fully saturated rings. The van der Waals surface area contributed by atoms with Crippen LogP contribution in [0.3, 0.4) is 0 Å². The van der Waals surface area contributed by atoms with Gasteiger partial charge < -0.3 is 5.73 Å². The van der Waals surface area contributed by atoms with Crippen LogP contribution in [0.4, 0.5) is 0 Å². The van der Waals surface area contributed by atoms with Crippen molar-refractivity contribution in [3.8, 4) is 0 Å². The van der Waals surface area contributed by atoms with Crippen LogP contribution in [0.15, 0.2) is 15.9 Å². The van der Waals surface area contributed by atoms with Crippen molar-refractivity contribution in [1.29, 1.82) is 0 Å². The van der Waals surface area contributed by atoms with Crippen molar-refractivity contribution >= 4 is 27.3 Å². The molecule has 0 spiro atoms. The van der Waals surface area contributed by atoms with Crippen molar-refractivity contribution in [3.05, 3.63) is 20.8 Å². The van der Waals surface area contributed by atoms with E-state index in [4.69, 9.17) is 5.73 Å². The molecule has 1 aliphatic carbocycles. The van der Waals surface area contributed by atoms with Gasteiger partial charge in [-0.3, -0.25) is 0 Å². The lowest BCUT2D eigenvalue weighted by Crippen LogP contribution is -2.25. The summed E-state index contributed by atoms with van der Waals surface area (Å²) in [6.07, 6.45) is 4.00. The second-order valence-electron chi connectivity index (χ2n) is 3.36. The standard InChI is InChI=1S/C9H12BrNS/c10-8-5-4-7(12-8)9(11)6-2-1-3-6/h4-6,9H,1-3,11H2/t9-/m0/s1. The van der Waals surface area contributed by atoms with Gasteiger partial charge in [-0.2, -0.15) is 0 Å². The summed E-state index contributed by atoms with van der Waals surface area (Å²) in [6.45, 7) is 0. The molecule has 66 valence electrons. The molecular formula is C9H12BrNS. The number of thiophene rings is 1. The summed E-state index contributed by atoms with van der Waals surface area (Å²) in [6, 6.07) is 4.51. The average Bonchev–Trinajstić information content (AvgIpc) is 2.31. The Morgan fingerprint density at radius 2 is 2.25 bits per heavy atom. The summed E-state index contributed by atoms with van der Waals surface area (Å²) in [5.74, 6) is 0.746. The van der Waals surface area contributed by atoms with Crippen molar-refractivity contribution in [3.63, 3.8) is 0 Å². The predicted octanol–water partition coefficient (Wildman–Crippen LogP) is 3.31. The maximum absolute atomic E-state index is 6.10. The van der Waals surface area contributed by atoms with Gasteiger partial charge in [0.15, 0.2) is 0 Å². The first kappa shape index (κ1) is 8.73. The normalized spacial score (nSPS) is 20.5. The van der Waals surface area contributed by atoms with E-state index in [1.165, 1.54) is 27.9 Å². The van der Waals surface area contributed by atoms with E-state index in [-0.39, 0.29) is 6.04 Å². The van der Waals surface area contributed by atoms with Gasteiger partial charge in [0.05, 0.1) is 3.79 Å². The molecule has 1 aromatic rings. The highest BCUT2D eigenvalue weighted by atomic mass is 79.9. The molecule has 0 radical (unpaired) electrons. The van der Waals surface area contributed by atoms with Crippen LogP contribution in [0.5, 0.6) is 0 Å². The van der Waals surface area contributed by atoms with Crippen molar-refractivity contribution in [2.45, 2.75) is 25.3 Å². The zero-order chi connectivity index (χ0) is 8.55. The quantitative estimate of drug-likeness (QED) is 0.851. The van der Waals surface area contributed by atoms with Crippen LogP contribution in [0.1, 0.15) is 30.2 Å². The van der Waals surface area contributed by atoms with E-state index in [9.17, 15) is 0 Å². The van der Waals surface area contributed by atoms with Crippen molar-refractivity contribution < 1.29 is 0 Å². The van der Waals surface area contributed by atoms with Gasteiger partial charge in [0.25, 0.3) is 0 Å². The fourth-order valence-corrected chi connectivity index (χ4v) is 3.06. The Kier molecular flexibility index (Phi) is 2.53. The molecule has 12 heavy (non-hydrogen) atoms. The molecule has 1 atom stereocenters. The van der Waals surface area contributed by atoms with Crippen LogP contribution >= 0.6 is 27.3 Å². The maximum Gasteiger partial charge on any atom is 0.0701 e. The number of halogens is 1. The zero-order valence-electron chi connectivity index (χ0n) is 6.79. The van der Waals surface area contributed by atoms with Gasteiger partial charge in [-0.05, 0) is 46.8 Å². The summed E-state index contributed by atoms with van der Waals surface area (Å²) >= 11 is 5.22. The van der Waals surface area contributed by atoms with Gasteiger partial charge in [0.2, 0.25) is 0 Å². The third kappa shape index (κ3) is 1.58. The number of nitrogens with two attached hydrogens (primary N) is 1. The van der Waals surface area contributed by atoms with Crippen LogP contribution in [-0.4, -0.2) is 0 Å². The smallest absolute Gasteiger partial charge is 0.0701 e. The molecule has 0 aromatic carbocycles. The van der Waals surface area contributed by atoms with Gasteiger partial charge >= 0.3 is 0 Å². The van der Waals surface area contributed by atoms with Crippen molar-refractivity contribution in [2.24, 2.45) is 11.7 Å². The van der Waals surface area contributed by atoms with Crippen LogP contribution in [-0.2, 0) is 0 Å². The van der Waals surface area contributed by atoms with E-state index in [1.54, 1.807) is 11.3 Å². The van der Waals surface area contributed by atoms with Crippen LogP contribution < -0.4 is 5.73 Å². The fraction of sp³-hybridized carbons (Fsp3) is 0.556. The highest BCUT2D eigenvalue weighted by molar-refractivity contribution is 9.11. The summed E-state index contributed by atoms with van der Waals surface area (Å²) < 4.78 is 1.19. The van der Waals surface area contributed by atoms with E-state index in [0.29, 0.717) is 0 Å². The lowest BCUT2D eigenvalue weighted by molar-refractivity contribution is 0.267. The lowest BCUT2D eigenvalue weighted by atomic mass is 9.79. The van der Waals surface area contributed by atoms with Crippen molar-refractivity contribution in [2.75, 3.05) is 0 Å². The summed E-state index contributed by atoms with van der Waals surface area (Å²) in [4.78, 5) is 1.33. The largest absolute Gasteiger partial charge is 0.323 e. The first-order valence-corrected chi connectivity index (χ1v) is 5.89. The molecule has 1 saturated carbocycles. The topological polar surface area (TPSA) is 26.0 Å². The number of hydrogen-bond acceptors (Lipinski definition) is 2. The lowest BCUT2D eigenvalue weighted by Gasteiger charge is -2.30. The van der Waals surface area contributed by atoms with Crippen molar-refractivity contribution in [1.82, 2.24) is 0 Å². The van der Waals surface area contributed by atoms with E-state index in [2.05, 4.69) is 28.1 Å². The molecule has 2 N–H and O–H groups in total. The van der Waals surface area contributed by atoms with E-state index < -0.39 is 0 Å². The monoisotopic (exact) mass is 245 g/mol. The zero-order valence-corrected chi connectivity index (χ0v) is 9.20. The van der Waals surface area contributed by atoms with E-state index in [1.807, 2.05) is 0 Å². The number of hydrogen-bond donors (Lipinski definition) is 1. The average molecular weight is 246 g/mol. The Hall–Kier alpha value is 0.140. The van der Waals surface area contributed by atoms with Crippen LogP contribution in [0.25, 0.3) is 0 Å². The maximum atomic E-state index is 6.10. The van der Waals surface area contributed by atoms with E-state index >= 15 is 0 Å². The van der Waals surface area contributed by atoms with Gasteiger partial charge in [0.1, 0.15) is 0 Å². The Bertz CT molecular complexity index is 267. The highest BCUT2D eigenvalue weighted by Crippen LogP contribution is 2.39. The highest BCUT2D eigenvalue weighted by Gasteiger charge is 2.26. The van der Waals surface area contributed by atoms with Gasteiger partial charge in [-0.25, -0.2) is 0 Å². The first-order valence-electron chi connectivity index (χ1n) is 4.28. The minimum atomic E-state index is 0.287. The summed E-state index contributed by atoms with van der Waals surface area (Å²) in [7, 11) is 0.